The van der Waals surface area contributed by atoms with E-state index >= 15 is 0 Å². The van der Waals surface area contributed by atoms with E-state index in [1.807, 2.05) is 11.3 Å². The van der Waals surface area contributed by atoms with Crippen LogP contribution in [0.3, 0.4) is 0 Å². The largest absolute Gasteiger partial charge is 0.310 e. The first-order chi connectivity index (χ1) is 24.3. The summed E-state index contributed by atoms with van der Waals surface area (Å²) in [6.07, 6.45) is 0. The van der Waals surface area contributed by atoms with Gasteiger partial charge in [0.05, 0.1) is 0 Å². The first-order valence-corrected chi connectivity index (χ1v) is 17.8. The van der Waals surface area contributed by atoms with Crippen LogP contribution < -0.4 is 4.90 Å². The maximum Gasteiger partial charge on any atom is 0.173 e. The number of rotatable bonds is 7. The van der Waals surface area contributed by atoms with Crippen LogP contribution in [0.25, 0.3) is 64.4 Å². The molecule has 0 radical (unpaired) electrons. The molecule has 3 nitrogen and oxygen atoms in total. The fourth-order valence-electron chi connectivity index (χ4n) is 6.42. The minimum atomic E-state index is 0.732. The van der Waals surface area contributed by atoms with Crippen LogP contribution in [0, 0.1) is 0 Å². The van der Waals surface area contributed by atoms with Gasteiger partial charge in [0.2, 0.25) is 0 Å². The SMILES string of the molecule is c1ccc(-c2ccc(N(c3ccc(-c4ccccc4)cc3)c3cccc(-c4nsc(-c5ccc6sc7ccccc7c6c5)n4)c3)cc2)cc1. The Morgan fingerprint density at radius 2 is 0.939 bits per heavy atom. The lowest BCUT2D eigenvalue weighted by Crippen LogP contribution is -2.10. The van der Waals surface area contributed by atoms with Gasteiger partial charge in [0, 0.05) is 48.4 Å². The normalized spacial score (nSPS) is 11.3. The smallest absolute Gasteiger partial charge is 0.173 e. The van der Waals surface area contributed by atoms with Crippen LogP contribution in [0.5, 0.6) is 0 Å². The zero-order valence-corrected chi connectivity index (χ0v) is 28.0. The van der Waals surface area contributed by atoms with E-state index in [1.165, 1.54) is 54.0 Å². The van der Waals surface area contributed by atoms with Gasteiger partial charge in [-0.15, -0.1) is 11.3 Å². The summed E-state index contributed by atoms with van der Waals surface area (Å²) in [7, 11) is 0. The molecule has 9 aromatic rings. The molecule has 0 fully saturated rings. The zero-order chi connectivity index (χ0) is 32.6. The summed E-state index contributed by atoms with van der Waals surface area (Å²) in [6.45, 7) is 0. The van der Waals surface area contributed by atoms with E-state index in [0.717, 1.165) is 39.0 Å². The molecule has 0 atom stereocenters. The van der Waals surface area contributed by atoms with Crippen LogP contribution in [0.1, 0.15) is 0 Å². The van der Waals surface area contributed by atoms with Gasteiger partial charge in [-0.3, -0.25) is 0 Å². The molecule has 49 heavy (non-hydrogen) atoms. The second-order valence-electron chi connectivity index (χ2n) is 11.9. The highest BCUT2D eigenvalue weighted by molar-refractivity contribution is 7.25. The molecule has 7 aromatic carbocycles. The van der Waals surface area contributed by atoms with Crippen LogP contribution in [0.4, 0.5) is 17.1 Å². The number of anilines is 3. The second kappa shape index (κ2) is 12.6. The lowest BCUT2D eigenvalue weighted by atomic mass is 10.0. The highest BCUT2D eigenvalue weighted by Gasteiger charge is 2.17. The number of nitrogens with zero attached hydrogens (tertiary/aromatic N) is 3. The number of hydrogen-bond acceptors (Lipinski definition) is 5. The van der Waals surface area contributed by atoms with E-state index in [2.05, 4.69) is 181 Å². The molecule has 9 rings (SSSR count). The maximum absolute atomic E-state index is 5.05. The van der Waals surface area contributed by atoms with Crippen LogP contribution >= 0.6 is 22.9 Å². The van der Waals surface area contributed by atoms with Crippen molar-refractivity contribution < 1.29 is 0 Å². The second-order valence-corrected chi connectivity index (χ2v) is 13.8. The summed E-state index contributed by atoms with van der Waals surface area (Å²) in [6, 6.07) is 62.4. The van der Waals surface area contributed by atoms with Crippen molar-refractivity contribution >= 4 is 60.1 Å². The molecular formula is C44H29N3S2. The summed E-state index contributed by atoms with van der Waals surface area (Å²) in [5, 5.41) is 3.47. The van der Waals surface area contributed by atoms with Crippen LogP contribution in [0.15, 0.2) is 176 Å². The molecular weight excluding hydrogens is 635 g/mol. The number of benzene rings is 7. The van der Waals surface area contributed by atoms with Gasteiger partial charge < -0.3 is 4.90 Å². The van der Waals surface area contributed by atoms with E-state index in [1.54, 1.807) is 0 Å². The summed E-state index contributed by atoms with van der Waals surface area (Å²) < 4.78 is 7.44. The zero-order valence-electron chi connectivity index (χ0n) is 26.4. The Morgan fingerprint density at radius 1 is 0.388 bits per heavy atom. The Bertz CT molecular complexity index is 2450. The summed E-state index contributed by atoms with van der Waals surface area (Å²) in [5.74, 6) is 0.732. The summed E-state index contributed by atoms with van der Waals surface area (Å²) in [5.41, 5.74) is 10.0. The molecule has 0 bridgehead atoms. The van der Waals surface area contributed by atoms with Crippen molar-refractivity contribution in [3.63, 3.8) is 0 Å². The molecule has 0 N–H and O–H groups in total. The van der Waals surface area contributed by atoms with Crippen LogP contribution in [-0.4, -0.2) is 9.36 Å². The molecule has 5 heteroatoms. The molecule has 0 aliphatic rings. The highest BCUT2D eigenvalue weighted by atomic mass is 32.1. The van der Waals surface area contributed by atoms with E-state index in [-0.39, 0.29) is 0 Å². The molecule has 0 aliphatic carbocycles. The first-order valence-electron chi connectivity index (χ1n) is 16.2. The number of thiophene rings is 1. The van der Waals surface area contributed by atoms with Crippen molar-refractivity contribution in [1.82, 2.24) is 9.36 Å². The predicted octanol–water partition coefficient (Wildman–Crippen LogP) is 13.0. The Morgan fingerprint density at radius 3 is 1.61 bits per heavy atom. The first kappa shape index (κ1) is 29.3. The minimum absolute atomic E-state index is 0.732. The predicted molar refractivity (Wildman–Crippen MR) is 209 cm³/mol. The minimum Gasteiger partial charge on any atom is -0.310 e. The monoisotopic (exact) mass is 663 g/mol. The molecule has 0 unspecified atom stereocenters. The standard InChI is InChI=1S/C44H29N3S2/c1-3-10-30(11-4-1)32-18-23-36(24-19-32)47(37-25-20-33(21-26-37)31-12-5-2-6-13-31)38-15-9-14-34(28-38)43-45-44(49-46-43)35-22-27-42-40(29-35)39-16-7-8-17-41(39)48-42/h1-29H. The molecule has 0 saturated heterocycles. The van der Waals surface area contributed by atoms with Gasteiger partial charge in [0.1, 0.15) is 5.01 Å². The quantitative estimate of drug-likeness (QED) is 0.170. The average Bonchev–Trinajstić information content (AvgIpc) is 3.82. The third-order valence-corrected chi connectivity index (χ3v) is 10.8. The van der Waals surface area contributed by atoms with Crippen molar-refractivity contribution in [2.45, 2.75) is 0 Å². The number of hydrogen-bond donors (Lipinski definition) is 0. The molecule has 0 spiro atoms. The van der Waals surface area contributed by atoms with Gasteiger partial charge in [-0.1, -0.05) is 121 Å². The topological polar surface area (TPSA) is 29.0 Å². The molecule has 2 heterocycles. The van der Waals surface area contributed by atoms with Gasteiger partial charge in [0.15, 0.2) is 5.82 Å². The third-order valence-electron chi connectivity index (χ3n) is 8.88. The molecule has 0 aliphatic heterocycles. The van der Waals surface area contributed by atoms with Crippen LogP contribution in [0.2, 0.25) is 0 Å². The fourth-order valence-corrected chi connectivity index (χ4v) is 8.18. The van der Waals surface area contributed by atoms with Crippen molar-refractivity contribution in [3.05, 3.63) is 176 Å². The molecule has 232 valence electrons. The molecule has 2 aromatic heterocycles. The Kier molecular flexibility index (Phi) is 7.54. The van der Waals surface area contributed by atoms with E-state index in [9.17, 15) is 0 Å². The van der Waals surface area contributed by atoms with Crippen molar-refractivity contribution in [2.75, 3.05) is 4.90 Å². The van der Waals surface area contributed by atoms with E-state index in [4.69, 9.17) is 9.36 Å². The Balaban J connectivity index is 1.09. The fraction of sp³-hybridized carbons (Fsp3) is 0. The lowest BCUT2D eigenvalue weighted by Gasteiger charge is -2.26. The van der Waals surface area contributed by atoms with Crippen LogP contribution in [-0.2, 0) is 0 Å². The van der Waals surface area contributed by atoms with Gasteiger partial charge in [-0.25, -0.2) is 4.98 Å². The average molecular weight is 664 g/mol. The Labute approximate surface area is 293 Å². The van der Waals surface area contributed by atoms with Gasteiger partial charge >= 0.3 is 0 Å². The van der Waals surface area contributed by atoms with E-state index in [0.29, 0.717) is 0 Å². The number of fused-ring (bicyclic) bond motifs is 3. The highest BCUT2D eigenvalue weighted by Crippen LogP contribution is 2.40. The summed E-state index contributed by atoms with van der Waals surface area (Å²) in [4.78, 5) is 7.35. The van der Waals surface area contributed by atoms with Crippen molar-refractivity contribution in [2.24, 2.45) is 0 Å². The molecule has 0 amide bonds. The van der Waals surface area contributed by atoms with Crippen molar-refractivity contribution in [3.8, 4) is 44.2 Å². The third kappa shape index (κ3) is 5.69. The maximum atomic E-state index is 5.05. The molecule has 0 saturated carbocycles. The summed E-state index contributed by atoms with van der Waals surface area (Å²) >= 11 is 3.28. The van der Waals surface area contributed by atoms with Crippen molar-refractivity contribution in [1.29, 1.82) is 0 Å². The van der Waals surface area contributed by atoms with Gasteiger partial charge in [-0.2, -0.15) is 4.37 Å². The number of aromatic nitrogens is 2. The lowest BCUT2D eigenvalue weighted by molar-refractivity contribution is 1.27. The van der Waals surface area contributed by atoms with Gasteiger partial charge in [0.25, 0.3) is 0 Å². The van der Waals surface area contributed by atoms with E-state index < -0.39 is 0 Å². The Hall–Kier alpha value is -5.88. The van der Waals surface area contributed by atoms with Gasteiger partial charge in [-0.05, 0) is 88.4 Å².